The van der Waals surface area contributed by atoms with Crippen LogP contribution in [0, 0.1) is 5.92 Å². The van der Waals surface area contributed by atoms with Crippen molar-refractivity contribution in [2.24, 2.45) is 0 Å². The van der Waals surface area contributed by atoms with Gasteiger partial charge in [0, 0.05) is 0 Å². The maximum Gasteiger partial charge on any atom is 0.0654 e. The first-order valence-electron chi connectivity index (χ1n) is 11.5. The third-order valence-electron chi connectivity index (χ3n) is 6.93. The fourth-order valence-corrected chi connectivity index (χ4v) is 5.59. The van der Waals surface area contributed by atoms with Gasteiger partial charge < -0.3 is 0 Å². The molecule has 5 aromatic carbocycles. The number of hydrogen-bond acceptors (Lipinski definition) is 0. The summed E-state index contributed by atoms with van der Waals surface area (Å²) in [6.07, 6.45) is 0. The number of allylic oxidation sites excluding steroid dienone is 1. The van der Waals surface area contributed by atoms with Crippen LogP contribution in [0.1, 0.15) is 27.8 Å². The van der Waals surface area contributed by atoms with Gasteiger partial charge in [-0.1, -0.05) is 127 Å². The van der Waals surface area contributed by atoms with Gasteiger partial charge in [-0.25, -0.2) is 0 Å². The van der Waals surface area contributed by atoms with Gasteiger partial charge in [-0.2, -0.15) is 0 Å². The second-order valence-electron chi connectivity index (χ2n) is 8.67. The Morgan fingerprint density at radius 3 is 1.09 bits per heavy atom. The lowest BCUT2D eigenvalue weighted by Crippen LogP contribution is -2.05. The molecule has 0 N–H and O–H groups in total. The van der Waals surface area contributed by atoms with Crippen LogP contribution in [0.5, 0.6) is 0 Å². The molecule has 0 heterocycles. The zero-order chi connectivity index (χ0) is 21.8. The first kappa shape index (κ1) is 18.4. The molecule has 5 aromatic rings. The Kier molecular flexibility index (Phi) is 4.01. The summed E-state index contributed by atoms with van der Waals surface area (Å²) < 4.78 is 0. The van der Waals surface area contributed by atoms with Crippen LogP contribution in [-0.4, -0.2) is 0 Å². The number of hydrogen-bond donors (Lipinski definition) is 0. The van der Waals surface area contributed by atoms with E-state index in [0.29, 0.717) is 0 Å². The molecule has 153 valence electrons. The lowest BCUT2D eigenvalue weighted by molar-refractivity contribution is 1.36. The monoisotopic (exact) mass is 417 g/mol. The zero-order valence-corrected chi connectivity index (χ0v) is 18.1. The van der Waals surface area contributed by atoms with Crippen molar-refractivity contribution in [3.8, 4) is 22.3 Å². The molecule has 0 saturated carbocycles. The minimum Gasteiger partial charge on any atom is -0.0622 e. The van der Waals surface area contributed by atoms with Crippen LogP contribution < -0.4 is 0 Å². The number of fused-ring (bicyclic) bond motifs is 6. The molecule has 0 saturated heterocycles. The maximum atomic E-state index is 2.28. The molecule has 0 aliphatic heterocycles. The van der Waals surface area contributed by atoms with Crippen molar-refractivity contribution in [2.75, 3.05) is 0 Å². The third-order valence-corrected chi connectivity index (χ3v) is 6.93. The van der Waals surface area contributed by atoms with Crippen LogP contribution >= 0.6 is 0 Å². The number of rotatable bonds is 2. The van der Waals surface area contributed by atoms with Crippen molar-refractivity contribution in [3.05, 3.63) is 161 Å². The normalized spacial score (nSPS) is 13.3. The molecule has 0 unspecified atom stereocenters. The van der Waals surface area contributed by atoms with Crippen LogP contribution in [0.25, 0.3) is 33.4 Å². The molecule has 0 amide bonds. The third kappa shape index (κ3) is 2.64. The quantitative estimate of drug-likeness (QED) is 0.266. The van der Waals surface area contributed by atoms with Gasteiger partial charge in [0.05, 0.1) is 5.92 Å². The van der Waals surface area contributed by atoms with E-state index >= 15 is 0 Å². The highest BCUT2D eigenvalue weighted by molar-refractivity contribution is 6.16. The Labute approximate surface area is 194 Å². The minimum atomic E-state index is 1.25. The average molecular weight is 418 g/mol. The smallest absolute Gasteiger partial charge is 0.0622 e. The first-order chi connectivity index (χ1) is 16.4. The van der Waals surface area contributed by atoms with Crippen molar-refractivity contribution < 1.29 is 0 Å². The van der Waals surface area contributed by atoms with Crippen LogP contribution in [-0.2, 0) is 0 Å². The molecular formula is C33H21. The van der Waals surface area contributed by atoms with E-state index in [2.05, 4.69) is 127 Å². The topological polar surface area (TPSA) is 0 Å². The van der Waals surface area contributed by atoms with Gasteiger partial charge in [0.1, 0.15) is 0 Å². The predicted molar refractivity (Wildman–Crippen MR) is 138 cm³/mol. The van der Waals surface area contributed by atoms with Gasteiger partial charge in [0.25, 0.3) is 0 Å². The van der Waals surface area contributed by atoms with Crippen LogP contribution in [0.15, 0.2) is 127 Å². The van der Waals surface area contributed by atoms with Gasteiger partial charge in [0.15, 0.2) is 0 Å². The molecule has 7 rings (SSSR count). The molecule has 0 aromatic heterocycles. The highest BCUT2D eigenvalue weighted by Crippen LogP contribution is 2.55. The lowest BCUT2D eigenvalue weighted by Gasteiger charge is -2.22. The van der Waals surface area contributed by atoms with Gasteiger partial charge >= 0.3 is 0 Å². The fraction of sp³-hybridized carbons (Fsp3) is 0. The highest BCUT2D eigenvalue weighted by atomic mass is 14.4. The summed E-state index contributed by atoms with van der Waals surface area (Å²) in [6, 6.07) is 46.3. The Hall–Kier alpha value is -4.16. The molecule has 0 fully saturated rings. The van der Waals surface area contributed by atoms with Crippen molar-refractivity contribution in [1.82, 2.24) is 0 Å². The van der Waals surface area contributed by atoms with E-state index in [9.17, 15) is 0 Å². The van der Waals surface area contributed by atoms with Crippen molar-refractivity contribution >= 4 is 11.1 Å². The molecule has 0 spiro atoms. The van der Waals surface area contributed by atoms with Crippen molar-refractivity contribution in [3.63, 3.8) is 0 Å². The second kappa shape index (κ2) is 7.18. The summed E-state index contributed by atoms with van der Waals surface area (Å²) in [5.41, 5.74) is 14.4. The summed E-state index contributed by atoms with van der Waals surface area (Å²) in [4.78, 5) is 0. The molecule has 0 bridgehead atoms. The summed E-state index contributed by atoms with van der Waals surface area (Å²) >= 11 is 0. The maximum absolute atomic E-state index is 2.28. The minimum absolute atomic E-state index is 1.25. The van der Waals surface area contributed by atoms with E-state index in [1.807, 2.05) is 0 Å². The summed E-state index contributed by atoms with van der Waals surface area (Å²) in [5, 5.41) is 0. The van der Waals surface area contributed by atoms with E-state index in [-0.39, 0.29) is 0 Å². The predicted octanol–water partition coefficient (Wildman–Crippen LogP) is 8.28. The van der Waals surface area contributed by atoms with Crippen LogP contribution in [0.3, 0.4) is 0 Å². The van der Waals surface area contributed by atoms with E-state index in [0.717, 1.165) is 0 Å². The standard InChI is InChI=1S/C33H21/c1-2-12-22(13-3-1)31(32-27-18-8-4-14-23(27)24-15-5-9-19-28(24)32)33-29-20-10-6-16-25(29)26-17-7-11-21-30(26)33/h1-21H. The Bertz CT molecular complexity index is 1460. The largest absolute Gasteiger partial charge is 0.0654 e. The summed E-state index contributed by atoms with van der Waals surface area (Å²) in [6.45, 7) is 0. The molecule has 0 atom stereocenters. The van der Waals surface area contributed by atoms with E-state index < -0.39 is 0 Å². The molecule has 2 aliphatic rings. The Morgan fingerprint density at radius 2 is 0.636 bits per heavy atom. The van der Waals surface area contributed by atoms with Crippen LogP contribution in [0.2, 0.25) is 0 Å². The van der Waals surface area contributed by atoms with Gasteiger partial charge in [-0.05, 0) is 61.2 Å². The van der Waals surface area contributed by atoms with Crippen LogP contribution in [0.4, 0.5) is 0 Å². The van der Waals surface area contributed by atoms with E-state index in [4.69, 9.17) is 0 Å². The number of benzene rings is 5. The fourth-order valence-electron chi connectivity index (χ4n) is 5.59. The molecule has 0 nitrogen and oxygen atoms in total. The zero-order valence-electron chi connectivity index (χ0n) is 18.1. The van der Waals surface area contributed by atoms with Crippen molar-refractivity contribution in [2.45, 2.75) is 0 Å². The first-order valence-corrected chi connectivity index (χ1v) is 11.5. The van der Waals surface area contributed by atoms with E-state index in [1.165, 1.54) is 67.1 Å². The average Bonchev–Trinajstić information content (AvgIpc) is 3.39. The molecule has 33 heavy (non-hydrogen) atoms. The molecule has 0 heteroatoms. The van der Waals surface area contributed by atoms with Crippen molar-refractivity contribution in [1.29, 1.82) is 0 Å². The molecular weight excluding hydrogens is 396 g/mol. The van der Waals surface area contributed by atoms with Gasteiger partial charge in [-0.3, -0.25) is 0 Å². The molecule has 1 radical (unpaired) electrons. The SMILES string of the molecule is c1ccc(C([C]2c3ccccc3-c3ccccc32)=C2c3ccccc3-c3ccccc32)cc1. The molecule has 2 aliphatic carbocycles. The second-order valence-corrected chi connectivity index (χ2v) is 8.67. The summed E-state index contributed by atoms with van der Waals surface area (Å²) in [5.74, 6) is 1.33. The Balaban J connectivity index is 1.64. The van der Waals surface area contributed by atoms with Gasteiger partial charge in [-0.15, -0.1) is 0 Å². The summed E-state index contributed by atoms with van der Waals surface area (Å²) in [7, 11) is 0. The van der Waals surface area contributed by atoms with E-state index in [1.54, 1.807) is 0 Å². The van der Waals surface area contributed by atoms with Gasteiger partial charge in [0.2, 0.25) is 0 Å². The lowest BCUT2D eigenvalue weighted by atomic mass is 9.80. The Morgan fingerprint density at radius 1 is 0.303 bits per heavy atom. The highest BCUT2D eigenvalue weighted by Gasteiger charge is 2.36.